The predicted molar refractivity (Wildman–Crippen MR) is 126 cm³/mol. The maximum Gasteiger partial charge on any atom is 0.231 e. The molecule has 0 spiro atoms. The van der Waals surface area contributed by atoms with E-state index < -0.39 is 122 Å². The van der Waals surface area contributed by atoms with Crippen LogP contribution in [0.4, 0.5) is 72.8 Å². The molecule has 4 nitrogen and oxygen atoms in total. The van der Waals surface area contributed by atoms with E-state index in [4.69, 9.17) is 9.47 Å². The fraction of sp³-hybridized carbons (Fsp3) is 0.0370. The molecular formula is C27H8F14N2O2. The molecule has 0 heterocycles. The van der Waals surface area contributed by atoms with Crippen molar-refractivity contribution in [1.29, 1.82) is 0 Å². The van der Waals surface area contributed by atoms with E-state index >= 15 is 0 Å². The normalized spacial score (nSPS) is 11.7. The molecule has 236 valence electrons. The molecule has 4 rings (SSSR count). The molecule has 0 aliphatic heterocycles. The molecule has 0 N–H and O–H groups in total. The van der Waals surface area contributed by atoms with Crippen LogP contribution in [0.3, 0.4) is 0 Å². The number of rotatable bonds is 8. The van der Waals surface area contributed by atoms with Crippen LogP contribution in [0, 0.1) is 81.4 Å². The minimum Gasteiger partial charge on any atom is -0.454 e. The summed E-state index contributed by atoms with van der Waals surface area (Å²) in [6, 6.07) is 1.25. The summed E-state index contributed by atoms with van der Waals surface area (Å²) in [5.74, 6) is -32.0. The second-order valence-electron chi connectivity index (χ2n) is 8.37. The van der Waals surface area contributed by atoms with Gasteiger partial charge in [-0.15, -0.1) is 0 Å². The van der Waals surface area contributed by atoms with Gasteiger partial charge in [0, 0.05) is 35.7 Å². The molecule has 0 amide bonds. The quantitative estimate of drug-likeness (QED) is 0.0627. The Morgan fingerprint density at radius 1 is 0.422 bits per heavy atom. The van der Waals surface area contributed by atoms with Gasteiger partial charge in [-0.1, -0.05) is 0 Å². The van der Waals surface area contributed by atoms with Crippen molar-refractivity contribution in [2.75, 3.05) is 6.79 Å². The van der Waals surface area contributed by atoms with E-state index in [1.807, 2.05) is 0 Å². The highest BCUT2D eigenvalue weighted by Crippen LogP contribution is 2.32. The lowest BCUT2D eigenvalue weighted by Gasteiger charge is -2.14. The van der Waals surface area contributed by atoms with Crippen molar-refractivity contribution in [3.63, 3.8) is 0 Å². The van der Waals surface area contributed by atoms with Crippen molar-refractivity contribution in [3.8, 4) is 11.5 Å². The number of ether oxygens (including phenoxy) is 2. The number of nitrogens with zero attached hydrogens (tertiary/aromatic N) is 2. The Kier molecular flexibility index (Phi) is 9.34. The molecule has 4 aromatic rings. The van der Waals surface area contributed by atoms with Gasteiger partial charge in [-0.2, -0.15) is 0 Å². The van der Waals surface area contributed by atoms with Crippen LogP contribution in [-0.4, -0.2) is 19.2 Å². The number of halogens is 14. The Labute approximate surface area is 240 Å². The molecule has 0 aliphatic carbocycles. The van der Waals surface area contributed by atoms with Crippen molar-refractivity contribution < 1.29 is 70.9 Å². The van der Waals surface area contributed by atoms with Crippen LogP contribution in [0.5, 0.6) is 11.5 Å². The van der Waals surface area contributed by atoms with E-state index in [-0.39, 0.29) is 24.6 Å². The minimum atomic E-state index is -2.51. The van der Waals surface area contributed by atoms with Gasteiger partial charge in [0.2, 0.25) is 18.4 Å². The topological polar surface area (TPSA) is 43.2 Å². The van der Waals surface area contributed by atoms with Gasteiger partial charge in [-0.05, 0) is 12.1 Å². The molecule has 4 aromatic carbocycles. The summed E-state index contributed by atoms with van der Waals surface area (Å²) < 4.78 is 203. The van der Waals surface area contributed by atoms with E-state index in [9.17, 15) is 61.5 Å². The molecule has 0 saturated heterocycles. The van der Waals surface area contributed by atoms with E-state index in [0.29, 0.717) is 12.1 Å². The van der Waals surface area contributed by atoms with Crippen LogP contribution in [0.1, 0.15) is 11.1 Å². The van der Waals surface area contributed by atoms with Crippen LogP contribution in [0.2, 0.25) is 0 Å². The zero-order chi connectivity index (χ0) is 33.3. The molecule has 0 aliphatic rings. The third kappa shape index (κ3) is 6.39. The van der Waals surface area contributed by atoms with Gasteiger partial charge in [0.25, 0.3) is 0 Å². The van der Waals surface area contributed by atoms with Gasteiger partial charge in [0.1, 0.15) is 23.0 Å². The third-order valence-corrected chi connectivity index (χ3v) is 5.52. The summed E-state index contributed by atoms with van der Waals surface area (Å²) in [7, 11) is 0. The Bertz CT molecular complexity index is 1700. The summed E-state index contributed by atoms with van der Waals surface area (Å²) >= 11 is 0. The van der Waals surface area contributed by atoms with Crippen LogP contribution in [-0.2, 0) is 0 Å². The van der Waals surface area contributed by atoms with Crippen LogP contribution >= 0.6 is 0 Å². The van der Waals surface area contributed by atoms with E-state index in [2.05, 4.69) is 9.98 Å². The summed E-state index contributed by atoms with van der Waals surface area (Å²) in [6.07, 6.45) is 0.473. The Hall–Kier alpha value is -5.16. The highest BCUT2D eigenvalue weighted by Gasteiger charge is 2.27. The van der Waals surface area contributed by atoms with Crippen molar-refractivity contribution in [1.82, 2.24) is 0 Å². The average Bonchev–Trinajstić information content (AvgIpc) is 2.99. The van der Waals surface area contributed by atoms with Crippen molar-refractivity contribution >= 4 is 23.8 Å². The number of hydrogen-bond acceptors (Lipinski definition) is 4. The largest absolute Gasteiger partial charge is 0.454 e. The fourth-order valence-corrected chi connectivity index (χ4v) is 3.49. The average molecular weight is 658 g/mol. The lowest BCUT2D eigenvalue weighted by Crippen LogP contribution is -2.11. The summed E-state index contributed by atoms with van der Waals surface area (Å²) in [5, 5.41) is 0. The lowest BCUT2D eigenvalue weighted by molar-refractivity contribution is 0.110. The number of hydrogen-bond donors (Lipinski definition) is 0. The van der Waals surface area contributed by atoms with Gasteiger partial charge in [0.15, 0.2) is 69.7 Å². The second kappa shape index (κ2) is 12.8. The Balaban J connectivity index is 1.65. The fourth-order valence-electron chi connectivity index (χ4n) is 3.49. The standard InChI is InChI=1S/C27H8F14N2O2/c28-10-1-8(5-42-24-20(38)16(34)14(32)17(35)21(24)39)26(12(30)3-10)44-7-45-27-9(2-11(29)4-13(27)31)6-43-25-22(40)18(36)15(33)19(37)23(25)41/h1-6H,7H2/b42-5+,43-6+. The van der Waals surface area contributed by atoms with Gasteiger partial charge in [-0.25, -0.2) is 71.5 Å². The first kappa shape index (κ1) is 32.7. The maximum atomic E-state index is 14.5. The van der Waals surface area contributed by atoms with Crippen molar-refractivity contribution in [2.45, 2.75) is 0 Å². The second-order valence-corrected chi connectivity index (χ2v) is 8.37. The molecule has 0 atom stereocenters. The molecule has 18 heteroatoms. The predicted octanol–water partition coefficient (Wildman–Crippen LogP) is 8.55. The first-order valence-electron chi connectivity index (χ1n) is 11.5. The van der Waals surface area contributed by atoms with E-state index in [1.54, 1.807) is 0 Å². The molecule has 0 unspecified atom stereocenters. The number of benzene rings is 4. The molecule has 45 heavy (non-hydrogen) atoms. The first-order chi connectivity index (χ1) is 21.1. The maximum absolute atomic E-state index is 14.5. The van der Waals surface area contributed by atoms with Crippen molar-refractivity contribution in [3.05, 3.63) is 117 Å². The van der Waals surface area contributed by atoms with Gasteiger partial charge in [0.05, 0.1) is 0 Å². The van der Waals surface area contributed by atoms with Crippen molar-refractivity contribution in [2.24, 2.45) is 9.98 Å². The highest BCUT2D eigenvalue weighted by molar-refractivity contribution is 5.86. The van der Waals surface area contributed by atoms with Gasteiger partial charge >= 0.3 is 0 Å². The number of aliphatic imine (C=N–C) groups is 2. The molecule has 0 saturated carbocycles. The zero-order valence-electron chi connectivity index (χ0n) is 21.2. The summed E-state index contributed by atoms with van der Waals surface area (Å²) in [6.45, 7) is -1.29. The van der Waals surface area contributed by atoms with E-state index in [0.717, 1.165) is 0 Å². The molecule has 0 aromatic heterocycles. The smallest absolute Gasteiger partial charge is 0.231 e. The van der Waals surface area contributed by atoms with Crippen LogP contribution < -0.4 is 9.47 Å². The zero-order valence-corrected chi connectivity index (χ0v) is 21.2. The minimum absolute atomic E-state index is 0.200. The molecular weight excluding hydrogens is 650 g/mol. The lowest BCUT2D eigenvalue weighted by atomic mass is 10.2. The summed E-state index contributed by atoms with van der Waals surface area (Å²) in [4.78, 5) is 6.07. The highest BCUT2D eigenvalue weighted by atomic mass is 19.2. The third-order valence-electron chi connectivity index (χ3n) is 5.52. The summed E-state index contributed by atoms with van der Waals surface area (Å²) in [5.41, 5.74) is -5.14. The monoisotopic (exact) mass is 658 g/mol. The molecule has 0 bridgehead atoms. The van der Waals surface area contributed by atoms with Gasteiger partial charge < -0.3 is 9.47 Å². The van der Waals surface area contributed by atoms with Crippen LogP contribution in [0.15, 0.2) is 34.3 Å². The van der Waals surface area contributed by atoms with Gasteiger partial charge in [-0.3, -0.25) is 0 Å². The van der Waals surface area contributed by atoms with Crippen LogP contribution in [0.25, 0.3) is 0 Å². The Morgan fingerprint density at radius 3 is 1.02 bits per heavy atom. The molecule has 0 fully saturated rings. The van der Waals surface area contributed by atoms with E-state index in [1.165, 1.54) is 0 Å². The Morgan fingerprint density at radius 2 is 0.711 bits per heavy atom. The SMILES string of the molecule is Fc1cc(F)c(OCOc2c(F)cc(F)cc2/C=N/c2c(F)c(F)c(F)c(F)c2F)c(/C=N/c2c(F)c(F)c(F)c(F)c2F)c1. The molecule has 0 radical (unpaired) electrons. The first-order valence-corrected chi connectivity index (χ1v) is 11.5.